The van der Waals surface area contributed by atoms with Crippen LogP contribution in [0.1, 0.15) is 30.4 Å². The average Bonchev–Trinajstić information content (AvgIpc) is 2.66. The van der Waals surface area contributed by atoms with Gasteiger partial charge in [0.25, 0.3) is 0 Å². The zero-order chi connectivity index (χ0) is 18.5. The van der Waals surface area contributed by atoms with Gasteiger partial charge in [0.2, 0.25) is 0 Å². The highest BCUT2D eigenvalue weighted by atomic mass is 19.1. The fraction of sp³-hybridized carbons (Fsp3) is 0.174. The van der Waals surface area contributed by atoms with E-state index in [1.165, 1.54) is 18.2 Å². The minimum Gasteiger partial charge on any atom is -0.299 e. The molecule has 0 aliphatic heterocycles. The standard InChI is InChI=1S/C23H20F2O/c1-16(23(26)13-10-17-6-5-9-20(24)14-17)21-12-11-19(15-22(21)25)18-7-3-2-4-8-18/h2-9,11-12,14-16H,10,13H2,1H3/t16-/m0/s1. The van der Waals surface area contributed by atoms with Crippen molar-refractivity contribution in [1.82, 2.24) is 0 Å². The van der Waals surface area contributed by atoms with Crippen molar-refractivity contribution in [2.45, 2.75) is 25.7 Å². The van der Waals surface area contributed by atoms with Crippen molar-refractivity contribution >= 4 is 5.78 Å². The average molecular weight is 350 g/mol. The van der Waals surface area contributed by atoms with Crippen LogP contribution in [0.4, 0.5) is 8.78 Å². The van der Waals surface area contributed by atoms with E-state index in [0.717, 1.165) is 16.7 Å². The molecule has 0 heterocycles. The summed E-state index contributed by atoms with van der Waals surface area (Å²) in [6, 6.07) is 20.8. The highest BCUT2D eigenvalue weighted by Crippen LogP contribution is 2.27. The molecular formula is C23H20F2O. The maximum atomic E-state index is 14.6. The number of hydrogen-bond donors (Lipinski definition) is 0. The molecule has 0 radical (unpaired) electrons. The number of aryl methyl sites for hydroxylation is 1. The van der Waals surface area contributed by atoms with Crippen molar-refractivity contribution in [1.29, 1.82) is 0 Å². The molecule has 0 saturated heterocycles. The summed E-state index contributed by atoms with van der Waals surface area (Å²) in [5, 5.41) is 0. The predicted octanol–water partition coefficient (Wildman–Crippen LogP) is 5.94. The van der Waals surface area contributed by atoms with Crippen molar-refractivity contribution < 1.29 is 13.6 Å². The minimum atomic E-state index is -0.534. The Morgan fingerprint density at radius 3 is 2.35 bits per heavy atom. The maximum absolute atomic E-state index is 14.6. The molecule has 132 valence electrons. The molecule has 26 heavy (non-hydrogen) atoms. The molecule has 0 bridgehead atoms. The van der Waals surface area contributed by atoms with Crippen molar-refractivity contribution in [2.75, 3.05) is 0 Å². The number of hydrogen-bond acceptors (Lipinski definition) is 1. The van der Waals surface area contributed by atoms with E-state index >= 15 is 0 Å². The third kappa shape index (κ3) is 4.23. The monoisotopic (exact) mass is 350 g/mol. The number of carbonyl (C=O) groups excluding carboxylic acids is 1. The van der Waals surface area contributed by atoms with Crippen molar-refractivity contribution in [3.63, 3.8) is 0 Å². The molecule has 0 N–H and O–H groups in total. The molecule has 0 unspecified atom stereocenters. The van der Waals surface area contributed by atoms with Crippen LogP contribution in [0.25, 0.3) is 11.1 Å². The van der Waals surface area contributed by atoms with Crippen molar-refractivity contribution in [3.8, 4) is 11.1 Å². The fourth-order valence-electron chi connectivity index (χ4n) is 3.04. The predicted molar refractivity (Wildman–Crippen MR) is 100.0 cm³/mol. The molecule has 0 fully saturated rings. The summed E-state index contributed by atoms with van der Waals surface area (Å²) in [6.07, 6.45) is 0.704. The Morgan fingerprint density at radius 2 is 1.65 bits per heavy atom. The number of benzene rings is 3. The second-order valence-corrected chi connectivity index (χ2v) is 6.42. The van der Waals surface area contributed by atoms with Crippen LogP contribution in [-0.2, 0) is 11.2 Å². The molecule has 3 rings (SSSR count). The molecule has 1 nitrogen and oxygen atoms in total. The Bertz CT molecular complexity index is 903. The van der Waals surface area contributed by atoms with E-state index in [0.29, 0.717) is 12.0 Å². The van der Waals surface area contributed by atoms with Crippen LogP contribution in [0.5, 0.6) is 0 Å². The van der Waals surface area contributed by atoms with Gasteiger partial charge in [0.1, 0.15) is 17.4 Å². The Labute approximate surface area is 152 Å². The van der Waals surface area contributed by atoms with Gasteiger partial charge >= 0.3 is 0 Å². The third-order valence-corrected chi connectivity index (χ3v) is 4.61. The Hall–Kier alpha value is -2.81. The van der Waals surface area contributed by atoms with Gasteiger partial charge in [0.05, 0.1) is 0 Å². The first kappa shape index (κ1) is 18.0. The van der Waals surface area contributed by atoms with Crippen LogP contribution in [0.2, 0.25) is 0 Å². The van der Waals surface area contributed by atoms with Gasteiger partial charge in [0, 0.05) is 12.3 Å². The molecule has 0 spiro atoms. The van der Waals surface area contributed by atoms with Crippen LogP contribution in [-0.4, -0.2) is 5.78 Å². The van der Waals surface area contributed by atoms with E-state index < -0.39 is 5.92 Å². The van der Waals surface area contributed by atoms with Crippen LogP contribution in [0, 0.1) is 11.6 Å². The minimum absolute atomic E-state index is 0.0550. The van der Waals surface area contributed by atoms with Crippen LogP contribution in [0.3, 0.4) is 0 Å². The summed E-state index contributed by atoms with van der Waals surface area (Å²) in [5.74, 6) is -1.28. The molecular weight excluding hydrogens is 330 g/mol. The first-order valence-electron chi connectivity index (χ1n) is 8.66. The lowest BCUT2D eigenvalue weighted by Crippen LogP contribution is -2.12. The second-order valence-electron chi connectivity index (χ2n) is 6.42. The van der Waals surface area contributed by atoms with Gasteiger partial charge < -0.3 is 0 Å². The summed E-state index contributed by atoms with van der Waals surface area (Å²) >= 11 is 0. The smallest absolute Gasteiger partial charge is 0.140 e. The summed E-state index contributed by atoms with van der Waals surface area (Å²) in [4.78, 5) is 12.4. The number of rotatable bonds is 6. The lowest BCUT2D eigenvalue weighted by Gasteiger charge is -2.13. The Balaban J connectivity index is 1.70. The van der Waals surface area contributed by atoms with E-state index in [-0.39, 0.29) is 23.8 Å². The zero-order valence-electron chi connectivity index (χ0n) is 14.6. The molecule has 3 aromatic rings. The maximum Gasteiger partial charge on any atom is 0.140 e. The number of halogens is 2. The van der Waals surface area contributed by atoms with Gasteiger partial charge in [-0.25, -0.2) is 8.78 Å². The fourth-order valence-corrected chi connectivity index (χ4v) is 3.04. The van der Waals surface area contributed by atoms with Crippen LogP contribution >= 0.6 is 0 Å². The normalized spacial score (nSPS) is 12.0. The van der Waals surface area contributed by atoms with Crippen molar-refractivity contribution in [3.05, 3.63) is 95.6 Å². The van der Waals surface area contributed by atoms with Gasteiger partial charge in [-0.15, -0.1) is 0 Å². The van der Waals surface area contributed by atoms with E-state index in [4.69, 9.17) is 0 Å². The molecule has 0 saturated carbocycles. The van der Waals surface area contributed by atoms with E-state index in [1.54, 1.807) is 25.1 Å². The first-order valence-corrected chi connectivity index (χ1v) is 8.66. The first-order chi connectivity index (χ1) is 12.5. The van der Waals surface area contributed by atoms with Crippen LogP contribution < -0.4 is 0 Å². The molecule has 3 aromatic carbocycles. The molecule has 3 heteroatoms. The summed E-state index contributed by atoms with van der Waals surface area (Å²) in [7, 11) is 0. The number of Topliss-reactive ketones (excluding diaryl/α,β-unsaturated/α-hetero) is 1. The quantitative estimate of drug-likeness (QED) is 0.538. The van der Waals surface area contributed by atoms with Gasteiger partial charge in [-0.2, -0.15) is 0 Å². The van der Waals surface area contributed by atoms with E-state index in [9.17, 15) is 13.6 Å². The van der Waals surface area contributed by atoms with Crippen LogP contribution in [0.15, 0.2) is 72.8 Å². The summed E-state index contributed by atoms with van der Waals surface area (Å²) in [6.45, 7) is 1.72. The SMILES string of the molecule is C[C@H](C(=O)CCc1cccc(F)c1)c1ccc(-c2ccccc2)cc1F. The number of ketones is 1. The summed E-state index contributed by atoms with van der Waals surface area (Å²) in [5.41, 5.74) is 2.88. The number of carbonyl (C=O) groups is 1. The molecule has 0 aliphatic rings. The second kappa shape index (κ2) is 8.05. The summed E-state index contributed by atoms with van der Waals surface area (Å²) < 4.78 is 27.8. The van der Waals surface area contributed by atoms with E-state index in [2.05, 4.69) is 0 Å². The van der Waals surface area contributed by atoms with Gasteiger partial charge in [-0.1, -0.05) is 61.5 Å². The molecule has 0 aromatic heterocycles. The highest BCUT2D eigenvalue weighted by Gasteiger charge is 2.19. The molecule has 0 amide bonds. The van der Waals surface area contributed by atoms with E-state index in [1.807, 2.05) is 36.4 Å². The van der Waals surface area contributed by atoms with Crippen molar-refractivity contribution in [2.24, 2.45) is 0 Å². The lowest BCUT2D eigenvalue weighted by molar-refractivity contribution is -0.120. The van der Waals surface area contributed by atoms with Gasteiger partial charge in [0.15, 0.2) is 0 Å². The lowest BCUT2D eigenvalue weighted by atomic mass is 9.91. The van der Waals surface area contributed by atoms with Gasteiger partial charge in [-0.05, 0) is 46.9 Å². The molecule has 0 aliphatic carbocycles. The largest absolute Gasteiger partial charge is 0.299 e. The third-order valence-electron chi connectivity index (χ3n) is 4.61. The Kier molecular flexibility index (Phi) is 5.57. The molecule has 1 atom stereocenters. The highest BCUT2D eigenvalue weighted by molar-refractivity contribution is 5.85. The Morgan fingerprint density at radius 1 is 0.885 bits per heavy atom. The zero-order valence-corrected chi connectivity index (χ0v) is 14.6. The topological polar surface area (TPSA) is 17.1 Å². The van der Waals surface area contributed by atoms with Gasteiger partial charge in [-0.3, -0.25) is 4.79 Å².